The molecule has 1 heterocycles. The van der Waals surface area contributed by atoms with Crippen molar-refractivity contribution in [1.29, 1.82) is 0 Å². The molecular weight excluding hydrogens is 346 g/mol. The number of nitrogens with zero attached hydrogens (tertiary/aromatic N) is 3. The van der Waals surface area contributed by atoms with E-state index in [1.165, 1.54) is 4.68 Å². The third-order valence-electron chi connectivity index (χ3n) is 3.85. The van der Waals surface area contributed by atoms with Gasteiger partial charge in [-0.05, 0) is 43.3 Å². The number of carbonyl (C=O) groups excluding carboxylic acids is 1. The highest BCUT2D eigenvalue weighted by atomic mass is 16.3. The molecule has 8 nitrogen and oxygen atoms in total. The number of aromatic amines is 1. The summed E-state index contributed by atoms with van der Waals surface area (Å²) < 4.78 is 1.41. The van der Waals surface area contributed by atoms with E-state index in [4.69, 9.17) is 5.11 Å². The molecule has 0 saturated carbocycles. The van der Waals surface area contributed by atoms with Gasteiger partial charge in [0, 0.05) is 12.1 Å². The van der Waals surface area contributed by atoms with E-state index < -0.39 is 0 Å². The van der Waals surface area contributed by atoms with Crippen LogP contribution in [0.3, 0.4) is 0 Å². The fourth-order valence-electron chi connectivity index (χ4n) is 2.47. The van der Waals surface area contributed by atoms with Crippen LogP contribution in [0, 0.1) is 6.92 Å². The molecule has 0 aliphatic heterocycles. The van der Waals surface area contributed by atoms with Crippen LogP contribution in [-0.2, 0) is 0 Å². The van der Waals surface area contributed by atoms with Crippen molar-refractivity contribution in [2.75, 3.05) is 13.2 Å². The van der Waals surface area contributed by atoms with Crippen molar-refractivity contribution in [2.45, 2.75) is 6.92 Å². The number of H-pyrrole nitrogens is 1. The summed E-state index contributed by atoms with van der Waals surface area (Å²) in [6, 6.07) is 15.7. The zero-order chi connectivity index (χ0) is 19.2. The second-order valence-electron chi connectivity index (χ2n) is 5.79. The number of hydrogen-bond donors (Lipinski definition) is 3. The van der Waals surface area contributed by atoms with Gasteiger partial charge in [-0.25, -0.2) is 4.68 Å². The standard InChI is InChI=1S/C19H19N5O3/c1-13-17(19(27)24(23-13)16-5-3-2-4-6-16)22-21-15-9-7-14(8-10-15)18(26)20-11-12-25/h2-10,23,25H,11-12H2,1H3,(H,20,26). The van der Waals surface area contributed by atoms with Gasteiger partial charge in [0.05, 0.1) is 23.7 Å². The van der Waals surface area contributed by atoms with Gasteiger partial charge < -0.3 is 10.4 Å². The molecule has 0 atom stereocenters. The summed E-state index contributed by atoms with van der Waals surface area (Å²) in [6.45, 7) is 1.83. The van der Waals surface area contributed by atoms with E-state index in [-0.39, 0.29) is 30.3 Å². The lowest BCUT2D eigenvalue weighted by Gasteiger charge is -2.02. The molecule has 27 heavy (non-hydrogen) atoms. The minimum Gasteiger partial charge on any atom is -0.395 e. The molecule has 2 aromatic carbocycles. The highest BCUT2D eigenvalue weighted by Crippen LogP contribution is 2.19. The number of benzene rings is 2. The van der Waals surface area contributed by atoms with E-state index in [1.807, 2.05) is 30.3 Å². The second kappa shape index (κ2) is 8.24. The van der Waals surface area contributed by atoms with Crippen LogP contribution in [0.4, 0.5) is 11.4 Å². The first-order valence-corrected chi connectivity index (χ1v) is 8.38. The highest BCUT2D eigenvalue weighted by molar-refractivity contribution is 5.94. The molecule has 0 aliphatic carbocycles. The maximum absolute atomic E-state index is 12.6. The lowest BCUT2D eigenvalue weighted by Crippen LogP contribution is -2.26. The number of aryl methyl sites for hydroxylation is 1. The molecule has 1 aromatic heterocycles. The van der Waals surface area contributed by atoms with Gasteiger partial charge >= 0.3 is 0 Å². The molecule has 0 aliphatic rings. The van der Waals surface area contributed by atoms with Gasteiger partial charge in [-0.2, -0.15) is 5.11 Å². The summed E-state index contributed by atoms with van der Waals surface area (Å²) in [4.78, 5) is 24.4. The Morgan fingerprint density at radius 1 is 1.11 bits per heavy atom. The Hall–Kier alpha value is -3.52. The number of carbonyl (C=O) groups is 1. The minimum absolute atomic E-state index is 0.117. The molecule has 1 amide bonds. The lowest BCUT2D eigenvalue weighted by molar-refractivity contribution is 0.0945. The Kier molecular flexibility index (Phi) is 5.58. The SMILES string of the molecule is Cc1[nH]n(-c2ccccc2)c(=O)c1N=Nc1ccc(C(=O)NCCO)cc1. The van der Waals surface area contributed by atoms with Gasteiger partial charge in [0.25, 0.3) is 11.5 Å². The number of aliphatic hydroxyl groups excluding tert-OH is 1. The number of aromatic nitrogens is 2. The van der Waals surface area contributed by atoms with Gasteiger partial charge in [-0.15, -0.1) is 5.11 Å². The van der Waals surface area contributed by atoms with Gasteiger partial charge in [0.15, 0.2) is 5.69 Å². The molecule has 8 heteroatoms. The molecule has 0 fully saturated rings. The zero-order valence-corrected chi connectivity index (χ0v) is 14.7. The summed E-state index contributed by atoms with van der Waals surface area (Å²) >= 11 is 0. The van der Waals surface area contributed by atoms with Crippen molar-refractivity contribution < 1.29 is 9.90 Å². The molecule has 0 radical (unpaired) electrons. The zero-order valence-electron chi connectivity index (χ0n) is 14.7. The Morgan fingerprint density at radius 2 is 1.81 bits per heavy atom. The van der Waals surface area contributed by atoms with E-state index in [2.05, 4.69) is 20.6 Å². The number of rotatable bonds is 6. The van der Waals surface area contributed by atoms with Crippen LogP contribution in [0.5, 0.6) is 0 Å². The number of azo groups is 1. The largest absolute Gasteiger partial charge is 0.395 e. The van der Waals surface area contributed by atoms with Crippen molar-refractivity contribution in [3.63, 3.8) is 0 Å². The fourth-order valence-corrected chi connectivity index (χ4v) is 2.47. The normalized spacial score (nSPS) is 11.0. The molecule has 0 saturated heterocycles. The maximum Gasteiger partial charge on any atom is 0.299 e. The van der Waals surface area contributed by atoms with E-state index in [0.29, 0.717) is 22.6 Å². The van der Waals surface area contributed by atoms with Crippen molar-refractivity contribution in [3.8, 4) is 5.69 Å². The van der Waals surface area contributed by atoms with E-state index >= 15 is 0 Å². The van der Waals surface area contributed by atoms with Crippen LogP contribution >= 0.6 is 0 Å². The number of hydrogen-bond acceptors (Lipinski definition) is 5. The van der Waals surface area contributed by atoms with Crippen molar-refractivity contribution >= 4 is 17.3 Å². The second-order valence-corrected chi connectivity index (χ2v) is 5.79. The highest BCUT2D eigenvalue weighted by Gasteiger charge is 2.12. The van der Waals surface area contributed by atoms with Crippen LogP contribution in [0.2, 0.25) is 0 Å². The molecule has 0 spiro atoms. The van der Waals surface area contributed by atoms with Gasteiger partial charge in [0.2, 0.25) is 0 Å². The first kappa shape index (κ1) is 18.3. The minimum atomic E-state index is -0.289. The molecule has 0 bridgehead atoms. The summed E-state index contributed by atoms with van der Waals surface area (Å²) in [5, 5.41) is 22.4. The summed E-state index contributed by atoms with van der Waals surface area (Å²) in [6.07, 6.45) is 0. The van der Waals surface area contributed by atoms with Crippen LogP contribution in [0.1, 0.15) is 16.1 Å². The monoisotopic (exact) mass is 365 g/mol. The van der Waals surface area contributed by atoms with Crippen LogP contribution in [0.25, 0.3) is 5.69 Å². The molecule has 3 N–H and O–H groups in total. The average Bonchev–Trinajstić information content (AvgIpc) is 2.99. The van der Waals surface area contributed by atoms with E-state index in [1.54, 1.807) is 31.2 Å². The maximum atomic E-state index is 12.6. The van der Waals surface area contributed by atoms with Gasteiger partial charge in [0.1, 0.15) is 0 Å². The van der Waals surface area contributed by atoms with Crippen molar-refractivity contribution in [2.24, 2.45) is 10.2 Å². The Balaban J connectivity index is 1.80. The first-order chi connectivity index (χ1) is 13.1. The van der Waals surface area contributed by atoms with Gasteiger partial charge in [-0.1, -0.05) is 18.2 Å². The topological polar surface area (TPSA) is 112 Å². The third-order valence-corrected chi connectivity index (χ3v) is 3.85. The van der Waals surface area contributed by atoms with Crippen LogP contribution in [0.15, 0.2) is 69.6 Å². The Labute approximate surface area is 155 Å². The third kappa shape index (κ3) is 4.18. The summed E-state index contributed by atoms with van der Waals surface area (Å²) in [5.41, 5.74) is 2.22. The summed E-state index contributed by atoms with van der Waals surface area (Å²) in [5.74, 6) is -0.278. The molecule has 3 aromatic rings. The molecule has 0 unspecified atom stereocenters. The smallest absolute Gasteiger partial charge is 0.299 e. The molecule has 138 valence electrons. The fraction of sp³-hybridized carbons (Fsp3) is 0.158. The van der Waals surface area contributed by atoms with Gasteiger partial charge in [-0.3, -0.25) is 14.7 Å². The number of aliphatic hydroxyl groups is 1. The molecular formula is C19H19N5O3. The number of nitrogens with one attached hydrogen (secondary N) is 2. The van der Waals surface area contributed by atoms with E-state index in [0.717, 1.165) is 0 Å². The quantitative estimate of drug-likeness (QED) is 0.584. The lowest BCUT2D eigenvalue weighted by atomic mass is 10.2. The van der Waals surface area contributed by atoms with Crippen molar-refractivity contribution in [1.82, 2.24) is 15.1 Å². The van der Waals surface area contributed by atoms with Crippen molar-refractivity contribution in [3.05, 3.63) is 76.2 Å². The van der Waals surface area contributed by atoms with E-state index in [9.17, 15) is 9.59 Å². The predicted molar refractivity (Wildman–Crippen MR) is 101 cm³/mol. The predicted octanol–water partition coefficient (Wildman–Crippen LogP) is 2.61. The summed E-state index contributed by atoms with van der Waals surface area (Å²) in [7, 11) is 0. The first-order valence-electron chi connectivity index (χ1n) is 8.38. The Bertz CT molecular complexity index is 1000. The molecule has 3 rings (SSSR count). The number of amides is 1. The van der Waals surface area contributed by atoms with Crippen LogP contribution < -0.4 is 10.9 Å². The number of para-hydroxylation sites is 1. The Morgan fingerprint density at radius 3 is 2.48 bits per heavy atom. The van der Waals surface area contributed by atoms with Crippen LogP contribution in [-0.4, -0.2) is 33.9 Å². The average molecular weight is 365 g/mol.